The van der Waals surface area contributed by atoms with E-state index in [1.807, 2.05) is 25.1 Å². The lowest BCUT2D eigenvalue weighted by molar-refractivity contribution is -0.126. The van der Waals surface area contributed by atoms with E-state index >= 15 is 0 Å². The van der Waals surface area contributed by atoms with Crippen LogP contribution < -0.4 is 21.3 Å². The van der Waals surface area contributed by atoms with Crippen molar-refractivity contribution in [1.82, 2.24) is 10.2 Å². The van der Waals surface area contributed by atoms with Crippen LogP contribution in [0.25, 0.3) is 0 Å². The molecule has 0 aliphatic carbocycles. The molecule has 1 unspecified atom stereocenters. The summed E-state index contributed by atoms with van der Waals surface area (Å²) in [6.45, 7) is 3.47. The number of carbonyl (C=O) groups excluding carboxylic acids is 3. The number of benzene rings is 2. The molecule has 1 aliphatic rings. The summed E-state index contributed by atoms with van der Waals surface area (Å²) in [6.07, 6.45) is 1.57. The van der Waals surface area contributed by atoms with Gasteiger partial charge < -0.3 is 26.2 Å². The predicted octanol–water partition coefficient (Wildman–Crippen LogP) is 3.71. The number of carbonyl (C=O) groups is 3. The minimum atomic E-state index is -0.370. The zero-order valence-electron chi connectivity index (χ0n) is 17.0. The van der Waals surface area contributed by atoms with Crippen molar-refractivity contribution in [2.45, 2.75) is 19.8 Å². The molecule has 0 aromatic heterocycles. The second-order valence-corrected chi connectivity index (χ2v) is 7.14. The Hall–Kier alpha value is -3.55. The van der Waals surface area contributed by atoms with E-state index in [0.717, 1.165) is 12.8 Å². The maximum atomic E-state index is 12.7. The van der Waals surface area contributed by atoms with E-state index < -0.39 is 0 Å². The first-order valence-corrected chi connectivity index (χ1v) is 10.1. The fraction of sp³-hybridized carbons (Fsp3) is 0.318. The Balaban J connectivity index is 1.56. The maximum Gasteiger partial charge on any atom is 0.323 e. The molecule has 30 heavy (non-hydrogen) atoms. The molecule has 0 bridgehead atoms. The summed E-state index contributed by atoms with van der Waals surface area (Å²) in [6, 6.07) is 15.4. The second kappa shape index (κ2) is 10.3. The molecule has 1 atom stereocenters. The van der Waals surface area contributed by atoms with Gasteiger partial charge in [-0.15, -0.1) is 0 Å². The van der Waals surface area contributed by atoms with E-state index in [2.05, 4.69) is 21.3 Å². The number of para-hydroxylation sites is 1. The summed E-state index contributed by atoms with van der Waals surface area (Å²) in [7, 11) is 0. The summed E-state index contributed by atoms with van der Waals surface area (Å²) < 4.78 is 0. The van der Waals surface area contributed by atoms with Gasteiger partial charge in [0.15, 0.2) is 0 Å². The first-order chi connectivity index (χ1) is 14.5. The third-order valence-electron chi connectivity index (χ3n) is 4.83. The van der Waals surface area contributed by atoms with Crippen LogP contribution in [-0.2, 0) is 4.79 Å². The summed E-state index contributed by atoms with van der Waals surface area (Å²) in [4.78, 5) is 38.6. The van der Waals surface area contributed by atoms with Gasteiger partial charge in [-0.3, -0.25) is 4.79 Å². The molecule has 1 aliphatic heterocycles. The summed E-state index contributed by atoms with van der Waals surface area (Å²) >= 11 is 0. The fourth-order valence-corrected chi connectivity index (χ4v) is 3.39. The molecule has 2 aromatic carbocycles. The van der Waals surface area contributed by atoms with Gasteiger partial charge in [-0.05, 0) is 50.1 Å². The molecular formula is C22H27N5O3. The van der Waals surface area contributed by atoms with Crippen molar-refractivity contribution in [2.75, 3.05) is 35.6 Å². The van der Waals surface area contributed by atoms with Crippen LogP contribution in [-0.4, -0.2) is 42.5 Å². The Bertz CT molecular complexity index is 887. The van der Waals surface area contributed by atoms with Crippen molar-refractivity contribution < 1.29 is 14.4 Å². The highest BCUT2D eigenvalue weighted by molar-refractivity contribution is 6.00. The second-order valence-electron chi connectivity index (χ2n) is 7.14. The van der Waals surface area contributed by atoms with Gasteiger partial charge in [-0.25, -0.2) is 9.59 Å². The number of hydrogen-bond donors (Lipinski definition) is 4. The molecular weight excluding hydrogens is 382 g/mol. The molecule has 8 nitrogen and oxygen atoms in total. The van der Waals surface area contributed by atoms with Crippen LogP contribution in [0.2, 0.25) is 0 Å². The Morgan fingerprint density at radius 1 is 0.933 bits per heavy atom. The molecule has 0 spiro atoms. The molecule has 0 saturated carbocycles. The van der Waals surface area contributed by atoms with Gasteiger partial charge in [0.1, 0.15) is 0 Å². The van der Waals surface area contributed by atoms with Gasteiger partial charge >= 0.3 is 12.1 Å². The van der Waals surface area contributed by atoms with Gasteiger partial charge in [0.05, 0.1) is 5.92 Å². The van der Waals surface area contributed by atoms with E-state index in [1.165, 1.54) is 0 Å². The van der Waals surface area contributed by atoms with Crippen molar-refractivity contribution in [3.8, 4) is 0 Å². The normalized spacial score (nSPS) is 15.8. The van der Waals surface area contributed by atoms with Crippen molar-refractivity contribution in [1.29, 1.82) is 0 Å². The molecule has 1 heterocycles. The summed E-state index contributed by atoms with van der Waals surface area (Å²) in [5, 5.41) is 11.2. The van der Waals surface area contributed by atoms with Crippen LogP contribution in [0.15, 0.2) is 54.6 Å². The van der Waals surface area contributed by atoms with Crippen LogP contribution in [0.5, 0.6) is 0 Å². The Morgan fingerprint density at radius 2 is 1.60 bits per heavy atom. The van der Waals surface area contributed by atoms with Gasteiger partial charge in [-0.1, -0.05) is 24.3 Å². The number of likely N-dealkylation sites (tertiary alicyclic amines) is 1. The van der Waals surface area contributed by atoms with Crippen LogP contribution in [0.3, 0.4) is 0 Å². The Labute approximate surface area is 176 Å². The number of urea groups is 2. The molecule has 0 radical (unpaired) electrons. The van der Waals surface area contributed by atoms with Gasteiger partial charge in [-0.2, -0.15) is 0 Å². The zero-order valence-corrected chi connectivity index (χ0v) is 17.0. The van der Waals surface area contributed by atoms with Gasteiger partial charge in [0, 0.05) is 36.7 Å². The third kappa shape index (κ3) is 5.97. The van der Waals surface area contributed by atoms with Crippen LogP contribution in [0, 0.1) is 5.92 Å². The number of piperidine rings is 1. The SMILES string of the molecule is CCNC(=O)C1CCCN(C(=O)Nc2cccc(NC(=O)Nc3ccccc3)c2)C1. The molecule has 5 amide bonds. The van der Waals surface area contributed by atoms with Gasteiger partial charge in [0.2, 0.25) is 5.91 Å². The minimum absolute atomic E-state index is 0.00868. The molecule has 3 rings (SSSR count). The predicted molar refractivity (Wildman–Crippen MR) is 118 cm³/mol. The minimum Gasteiger partial charge on any atom is -0.356 e. The molecule has 4 N–H and O–H groups in total. The van der Waals surface area contributed by atoms with E-state index in [-0.39, 0.29) is 23.9 Å². The lowest BCUT2D eigenvalue weighted by Gasteiger charge is -2.32. The number of nitrogens with zero attached hydrogens (tertiary/aromatic N) is 1. The average molecular weight is 409 g/mol. The average Bonchev–Trinajstić information content (AvgIpc) is 2.75. The van der Waals surface area contributed by atoms with Crippen molar-refractivity contribution in [2.24, 2.45) is 5.92 Å². The van der Waals surface area contributed by atoms with Crippen molar-refractivity contribution in [3.63, 3.8) is 0 Å². The highest BCUT2D eigenvalue weighted by Crippen LogP contribution is 2.20. The number of amides is 5. The molecule has 1 saturated heterocycles. The monoisotopic (exact) mass is 409 g/mol. The molecule has 158 valence electrons. The maximum absolute atomic E-state index is 12.7. The largest absolute Gasteiger partial charge is 0.356 e. The molecule has 1 fully saturated rings. The smallest absolute Gasteiger partial charge is 0.323 e. The molecule has 8 heteroatoms. The van der Waals surface area contributed by atoms with Crippen LogP contribution in [0.1, 0.15) is 19.8 Å². The van der Waals surface area contributed by atoms with Crippen LogP contribution in [0.4, 0.5) is 26.7 Å². The lowest BCUT2D eigenvalue weighted by atomic mass is 9.97. The standard InChI is InChI=1S/C22H27N5O3/c1-2-23-20(28)16-8-7-13-27(15-16)22(30)26-19-12-6-11-18(14-19)25-21(29)24-17-9-4-3-5-10-17/h3-6,9-12,14,16H,2,7-8,13,15H2,1H3,(H,23,28)(H,26,30)(H2,24,25,29). The first-order valence-electron chi connectivity index (χ1n) is 10.1. The highest BCUT2D eigenvalue weighted by atomic mass is 16.2. The van der Waals surface area contributed by atoms with Crippen molar-refractivity contribution >= 4 is 35.0 Å². The quantitative estimate of drug-likeness (QED) is 0.605. The number of anilines is 3. The first kappa shape index (κ1) is 21.2. The van der Waals surface area contributed by atoms with Crippen molar-refractivity contribution in [3.05, 3.63) is 54.6 Å². The van der Waals surface area contributed by atoms with E-state index in [9.17, 15) is 14.4 Å². The van der Waals surface area contributed by atoms with E-state index in [4.69, 9.17) is 0 Å². The number of hydrogen-bond acceptors (Lipinski definition) is 3. The highest BCUT2D eigenvalue weighted by Gasteiger charge is 2.28. The summed E-state index contributed by atoms with van der Waals surface area (Å²) in [5.74, 6) is -0.190. The van der Waals surface area contributed by atoms with Crippen LogP contribution >= 0.6 is 0 Å². The van der Waals surface area contributed by atoms with E-state index in [1.54, 1.807) is 41.3 Å². The third-order valence-corrected chi connectivity index (χ3v) is 4.83. The molecule has 2 aromatic rings. The number of nitrogens with one attached hydrogen (secondary N) is 4. The zero-order chi connectivity index (χ0) is 21.3. The number of rotatable bonds is 5. The van der Waals surface area contributed by atoms with E-state index in [0.29, 0.717) is 36.7 Å². The Kier molecular flexibility index (Phi) is 7.26. The topological polar surface area (TPSA) is 103 Å². The lowest BCUT2D eigenvalue weighted by Crippen LogP contribution is -2.46. The Morgan fingerprint density at radius 3 is 2.33 bits per heavy atom. The van der Waals surface area contributed by atoms with Gasteiger partial charge in [0.25, 0.3) is 0 Å². The fourth-order valence-electron chi connectivity index (χ4n) is 3.39. The summed E-state index contributed by atoms with van der Waals surface area (Å²) in [5.41, 5.74) is 1.81.